The van der Waals surface area contributed by atoms with Crippen LogP contribution < -0.4 is 0 Å². The molecule has 0 heterocycles. The van der Waals surface area contributed by atoms with E-state index in [1.807, 2.05) is 26.0 Å². The van der Waals surface area contributed by atoms with Crippen molar-refractivity contribution >= 4 is 17.7 Å². The Bertz CT molecular complexity index is 1150. The average Bonchev–Trinajstić information content (AvgIpc) is 3.32. The van der Waals surface area contributed by atoms with E-state index < -0.39 is 27.9 Å². The summed E-state index contributed by atoms with van der Waals surface area (Å²) in [5.41, 5.74) is -1.75. The molecule has 4 rings (SSSR count). The van der Waals surface area contributed by atoms with Crippen LogP contribution in [0.3, 0.4) is 0 Å². The van der Waals surface area contributed by atoms with Crippen LogP contribution in [0.25, 0.3) is 0 Å². The quantitative estimate of drug-likeness (QED) is 0.0986. The number of ether oxygens (including phenoxy) is 2. The average molecular weight is 627 g/mol. The first kappa shape index (κ1) is 35.9. The Morgan fingerprint density at radius 3 is 2.09 bits per heavy atom. The molecule has 0 radical (unpaired) electrons. The van der Waals surface area contributed by atoms with Crippen LogP contribution in [0.5, 0.6) is 0 Å². The van der Waals surface area contributed by atoms with E-state index in [9.17, 15) is 19.5 Å². The molecule has 2 bridgehead atoms. The maximum atomic E-state index is 14.8. The molecule has 0 aromatic carbocycles. The van der Waals surface area contributed by atoms with Crippen molar-refractivity contribution in [3.05, 3.63) is 23.3 Å². The molecule has 0 saturated heterocycles. The zero-order chi connectivity index (χ0) is 33.0. The van der Waals surface area contributed by atoms with Crippen molar-refractivity contribution in [3.63, 3.8) is 0 Å². The van der Waals surface area contributed by atoms with Crippen LogP contribution in [0.2, 0.25) is 0 Å². The Kier molecular flexibility index (Phi) is 11.5. The van der Waals surface area contributed by atoms with Gasteiger partial charge in [0.25, 0.3) is 0 Å². The second kappa shape index (κ2) is 14.4. The van der Waals surface area contributed by atoms with E-state index in [0.29, 0.717) is 25.7 Å². The number of Topliss-reactive ketones (excluding diaryl/α,β-unsaturated/α-hetero) is 1. The molecule has 1 N–H and O–H groups in total. The second-order valence-corrected chi connectivity index (χ2v) is 15.7. The summed E-state index contributed by atoms with van der Waals surface area (Å²) in [5, 5.41) is 12.6. The largest absolute Gasteiger partial charge is 0.461 e. The van der Waals surface area contributed by atoms with Crippen LogP contribution in [-0.4, -0.2) is 40.6 Å². The highest BCUT2D eigenvalue weighted by Crippen LogP contribution is 2.75. The van der Waals surface area contributed by atoms with E-state index in [-0.39, 0.29) is 42.1 Å². The topological polar surface area (TPSA) is 89.9 Å². The van der Waals surface area contributed by atoms with Crippen LogP contribution in [-0.2, 0) is 23.9 Å². The van der Waals surface area contributed by atoms with Gasteiger partial charge in [-0.1, -0.05) is 123 Å². The minimum absolute atomic E-state index is 0.0258. The van der Waals surface area contributed by atoms with Crippen LogP contribution in [0.15, 0.2) is 23.3 Å². The fourth-order valence-electron chi connectivity index (χ4n) is 9.62. The molecule has 0 aromatic rings. The van der Waals surface area contributed by atoms with E-state index in [0.717, 1.165) is 49.7 Å². The minimum atomic E-state index is -1.33. The molecule has 254 valence electrons. The molecule has 4 aliphatic carbocycles. The van der Waals surface area contributed by atoms with Crippen LogP contribution in [0, 0.1) is 34.5 Å². The number of unbranched alkanes of at least 4 members (excludes halogenated alkanes) is 10. The lowest BCUT2D eigenvalue weighted by Crippen LogP contribution is -2.57. The molecule has 6 heteroatoms. The monoisotopic (exact) mass is 626 g/mol. The normalized spacial score (nSPS) is 34.5. The lowest BCUT2D eigenvalue weighted by atomic mass is 9.57. The molecule has 7 atom stereocenters. The first-order valence-electron chi connectivity index (χ1n) is 18.4. The van der Waals surface area contributed by atoms with E-state index in [1.54, 1.807) is 0 Å². The highest BCUT2D eigenvalue weighted by atomic mass is 16.6. The van der Waals surface area contributed by atoms with Crippen molar-refractivity contribution in [2.45, 2.75) is 162 Å². The first-order chi connectivity index (χ1) is 21.3. The van der Waals surface area contributed by atoms with E-state index in [4.69, 9.17) is 9.47 Å². The van der Waals surface area contributed by atoms with Gasteiger partial charge < -0.3 is 14.6 Å². The molecule has 0 aliphatic heterocycles. The SMILES string of the molecule is CCCCCCCCCCCC(=O)O[C@@]12C[C@@H](C)C34C=C(C)CC3(O)C(C)C(COC(=O)CCCCC)=CC(C4=O)[C@H]1C2(C)C. The highest BCUT2D eigenvalue weighted by Gasteiger charge is 2.82. The number of allylic oxidation sites excluding steroid dienone is 1. The summed E-state index contributed by atoms with van der Waals surface area (Å²) in [5.74, 6) is -1.70. The minimum Gasteiger partial charge on any atom is -0.461 e. The highest BCUT2D eigenvalue weighted by molar-refractivity contribution is 5.95. The van der Waals surface area contributed by atoms with Gasteiger partial charge in [-0.15, -0.1) is 0 Å². The number of ketones is 1. The fraction of sp³-hybridized carbons (Fsp3) is 0.821. The zero-order valence-corrected chi connectivity index (χ0v) is 29.5. The molecule has 45 heavy (non-hydrogen) atoms. The van der Waals surface area contributed by atoms with Gasteiger partial charge >= 0.3 is 11.9 Å². The van der Waals surface area contributed by atoms with Gasteiger partial charge in [0.05, 0.1) is 11.0 Å². The summed E-state index contributed by atoms with van der Waals surface area (Å²) >= 11 is 0. The molecule has 0 amide bonds. The molecule has 2 saturated carbocycles. The Hall–Kier alpha value is -1.95. The smallest absolute Gasteiger partial charge is 0.306 e. The Morgan fingerprint density at radius 1 is 0.889 bits per heavy atom. The predicted octanol–water partition coefficient (Wildman–Crippen LogP) is 8.84. The summed E-state index contributed by atoms with van der Waals surface area (Å²) in [6.07, 6.45) is 19.2. The number of carbonyl (C=O) groups excluding carboxylic acids is 3. The molecular weight excluding hydrogens is 564 g/mol. The molecule has 4 unspecified atom stereocenters. The van der Waals surface area contributed by atoms with Gasteiger partial charge in [0.1, 0.15) is 12.2 Å². The van der Waals surface area contributed by atoms with Gasteiger partial charge in [-0.25, -0.2) is 0 Å². The summed E-state index contributed by atoms with van der Waals surface area (Å²) in [7, 11) is 0. The number of aliphatic hydroxyl groups is 1. The molecule has 4 aliphatic rings. The number of esters is 2. The third kappa shape index (κ3) is 6.61. The van der Waals surface area contributed by atoms with E-state index in [2.05, 4.69) is 34.6 Å². The third-order valence-electron chi connectivity index (χ3n) is 12.3. The van der Waals surface area contributed by atoms with Crippen molar-refractivity contribution in [3.8, 4) is 0 Å². The number of fused-ring (bicyclic) bond motifs is 3. The molecule has 2 fully saturated rings. The number of hydrogen-bond donors (Lipinski definition) is 1. The van der Waals surface area contributed by atoms with Gasteiger partial charge in [-0.05, 0) is 44.1 Å². The lowest BCUT2D eigenvalue weighted by Gasteiger charge is -2.48. The molecular formula is C39H62O6. The van der Waals surface area contributed by atoms with Gasteiger partial charge in [-0.2, -0.15) is 0 Å². The van der Waals surface area contributed by atoms with Crippen molar-refractivity contribution in [1.29, 1.82) is 0 Å². The van der Waals surface area contributed by atoms with E-state index >= 15 is 0 Å². The van der Waals surface area contributed by atoms with Crippen LogP contribution in [0.4, 0.5) is 0 Å². The second-order valence-electron chi connectivity index (χ2n) is 15.7. The third-order valence-corrected chi connectivity index (χ3v) is 12.3. The van der Waals surface area contributed by atoms with Crippen molar-refractivity contribution in [1.82, 2.24) is 0 Å². The summed E-state index contributed by atoms with van der Waals surface area (Å²) in [6, 6.07) is 0. The summed E-state index contributed by atoms with van der Waals surface area (Å²) in [4.78, 5) is 40.8. The Morgan fingerprint density at radius 2 is 1.44 bits per heavy atom. The molecule has 0 aromatic heterocycles. The fourth-order valence-corrected chi connectivity index (χ4v) is 9.62. The summed E-state index contributed by atoms with van der Waals surface area (Å²) < 4.78 is 12.3. The maximum Gasteiger partial charge on any atom is 0.306 e. The van der Waals surface area contributed by atoms with E-state index in [1.165, 1.54) is 38.5 Å². The van der Waals surface area contributed by atoms with Crippen molar-refractivity contribution in [2.75, 3.05) is 6.61 Å². The Balaban J connectivity index is 1.53. The predicted molar refractivity (Wildman–Crippen MR) is 178 cm³/mol. The first-order valence-corrected chi connectivity index (χ1v) is 18.4. The lowest BCUT2D eigenvalue weighted by molar-refractivity contribution is -0.160. The zero-order valence-electron chi connectivity index (χ0n) is 29.5. The van der Waals surface area contributed by atoms with Crippen LogP contribution >= 0.6 is 0 Å². The standard InChI is InChI=1S/C39H62O6/c1-8-10-12-13-14-15-16-17-19-21-33(41)45-39-25-28(4)37-23-27(3)24-38(37,43)29(5)30(26-44-32(40)20-18-11-9-2)22-31(35(37)42)34(39)36(39,6)7/h22-23,28-29,31,34,43H,8-21,24-26H2,1-7H3/t28-,29?,31?,34+,37?,38?,39+/m1/s1. The van der Waals surface area contributed by atoms with Crippen molar-refractivity contribution in [2.24, 2.45) is 34.5 Å². The molecule has 1 spiro atoms. The van der Waals surface area contributed by atoms with Gasteiger partial charge in [0, 0.05) is 36.0 Å². The number of rotatable bonds is 17. The van der Waals surface area contributed by atoms with Gasteiger partial charge in [0.2, 0.25) is 0 Å². The summed E-state index contributed by atoms with van der Waals surface area (Å²) in [6.45, 7) is 14.7. The van der Waals surface area contributed by atoms with Crippen LogP contribution in [0.1, 0.15) is 151 Å². The Labute approximate surface area is 273 Å². The van der Waals surface area contributed by atoms with Crippen molar-refractivity contribution < 1.29 is 29.0 Å². The molecule has 6 nitrogen and oxygen atoms in total. The maximum absolute atomic E-state index is 14.8. The number of carbonyl (C=O) groups is 3. The van der Waals surface area contributed by atoms with Gasteiger partial charge in [-0.3, -0.25) is 14.4 Å². The van der Waals surface area contributed by atoms with Gasteiger partial charge in [0.15, 0.2) is 5.78 Å². The number of hydrogen-bond acceptors (Lipinski definition) is 6.